The smallest absolute Gasteiger partial charge is 0.221 e. The van der Waals surface area contributed by atoms with E-state index >= 15 is 0 Å². The van der Waals surface area contributed by atoms with Crippen LogP contribution in [0.15, 0.2) is 48.2 Å². The number of aryl methyl sites for hydroxylation is 2. The van der Waals surface area contributed by atoms with Crippen LogP contribution in [0.1, 0.15) is 43.3 Å². The van der Waals surface area contributed by atoms with Gasteiger partial charge in [0.25, 0.3) is 0 Å². The van der Waals surface area contributed by atoms with Gasteiger partial charge in [0.05, 0.1) is 27.8 Å². The Kier molecular flexibility index (Phi) is 6.49. The summed E-state index contributed by atoms with van der Waals surface area (Å²) in [7, 11) is 0. The van der Waals surface area contributed by atoms with Crippen molar-refractivity contribution in [2.24, 2.45) is 0 Å². The minimum absolute atomic E-state index is 0.101. The van der Waals surface area contributed by atoms with Crippen molar-refractivity contribution >= 4 is 40.6 Å². The molecule has 4 rings (SSSR count). The summed E-state index contributed by atoms with van der Waals surface area (Å²) in [6.07, 6.45) is 2.03. The highest BCUT2D eigenvalue weighted by Crippen LogP contribution is 2.35. The van der Waals surface area contributed by atoms with Gasteiger partial charge in [0.2, 0.25) is 5.91 Å². The normalized spacial score (nSPS) is 12.7. The molecule has 0 spiro atoms. The first-order valence-electron chi connectivity index (χ1n) is 10.6. The van der Waals surface area contributed by atoms with Gasteiger partial charge in [0.1, 0.15) is 0 Å². The van der Waals surface area contributed by atoms with Crippen molar-refractivity contribution in [1.82, 2.24) is 15.3 Å². The van der Waals surface area contributed by atoms with Crippen molar-refractivity contribution in [2.45, 2.75) is 40.0 Å². The van der Waals surface area contributed by atoms with Crippen LogP contribution >= 0.6 is 23.2 Å². The summed E-state index contributed by atoms with van der Waals surface area (Å²) >= 11 is 12.6. The summed E-state index contributed by atoms with van der Waals surface area (Å²) in [4.78, 5) is 21.7. The maximum absolute atomic E-state index is 11.8. The van der Waals surface area contributed by atoms with Crippen LogP contribution in [0.2, 0.25) is 10.0 Å². The second-order valence-corrected chi connectivity index (χ2v) is 8.48. The molecule has 0 saturated carbocycles. The van der Waals surface area contributed by atoms with Crippen LogP contribution in [0.3, 0.4) is 0 Å². The zero-order chi connectivity index (χ0) is 22.8. The SMILES string of the molecule is CCc1nc(-c2ccc(Cl)cc2Cl)c(CC)nc1NC1=C(NC(C)=O)Cc2ccccc21. The number of anilines is 1. The maximum Gasteiger partial charge on any atom is 0.221 e. The summed E-state index contributed by atoms with van der Waals surface area (Å²) in [5.74, 6) is 0.587. The van der Waals surface area contributed by atoms with E-state index in [2.05, 4.69) is 16.7 Å². The molecule has 1 aromatic heterocycles. The van der Waals surface area contributed by atoms with E-state index in [0.717, 1.165) is 45.2 Å². The fraction of sp³-hybridized carbons (Fsp3) is 0.240. The van der Waals surface area contributed by atoms with Gasteiger partial charge in [0, 0.05) is 35.2 Å². The Hall–Kier alpha value is -2.89. The fourth-order valence-electron chi connectivity index (χ4n) is 3.94. The summed E-state index contributed by atoms with van der Waals surface area (Å²) in [6.45, 7) is 5.60. The van der Waals surface area contributed by atoms with Crippen LogP contribution in [0.25, 0.3) is 17.0 Å². The molecule has 1 aliphatic carbocycles. The molecular weight excluding hydrogens is 443 g/mol. The average molecular weight is 467 g/mol. The molecular formula is C25H24Cl2N4O. The minimum Gasteiger partial charge on any atom is -0.337 e. The molecule has 5 nitrogen and oxygen atoms in total. The number of halogens is 2. The Bertz CT molecular complexity index is 1240. The number of nitrogens with one attached hydrogen (secondary N) is 2. The molecule has 0 radical (unpaired) electrons. The van der Waals surface area contributed by atoms with Crippen molar-refractivity contribution in [2.75, 3.05) is 5.32 Å². The lowest BCUT2D eigenvalue weighted by Crippen LogP contribution is -2.21. The van der Waals surface area contributed by atoms with E-state index in [1.54, 1.807) is 6.07 Å². The van der Waals surface area contributed by atoms with Gasteiger partial charge in [-0.3, -0.25) is 4.79 Å². The summed E-state index contributed by atoms with van der Waals surface area (Å²) < 4.78 is 0. The number of nitrogens with zero attached hydrogens (tertiary/aromatic N) is 2. The van der Waals surface area contributed by atoms with E-state index in [4.69, 9.17) is 33.2 Å². The van der Waals surface area contributed by atoms with Gasteiger partial charge in [-0.15, -0.1) is 0 Å². The minimum atomic E-state index is -0.101. The Morgan fingerprint density at radius 3 is 2.44 bits per heavy atom. The second-order valence-electron chi connectivity index (χ2n) is 7.64. The number of benzene rings is 2. The molecule has 0 atom stereocenters. The van der Waals surface area contributed by atoms with Crippen LogP contribution < -0.4 is 10.6 Å². The zero-order valence-corrected chi connectivity index (χ0v) is 19.7. The number of hydrogen-bond donors (Lipinski definition) is 2. The number of aromatic nitrogens is 2. The average Bonchev–Trinajstić information content (AvgIpc) is 3.10. The van der Waals surface area contributed by atoms with Gasteiger partial charge in [-0.05, 0) is 36.6 Å². The van der Waals surface area contributed by atoms with Crippen molar-refractivity contribution in [3.05, 3.63) is 80.7 Å². The van der Waals surface area contributed by atoms with E-state index in [0.29, 0.717) is 35.1 Å². The molecule has 0 aliphatic heterocycles. The molecule has 32 heavy (non-hydrogen) atoms. The van der Waals surface area contributed by atoms with Crippen LogP contribution in [-0.2, 0) is 24.1 Å². The zero-order valence-electron chi connectivity index (χ0n) is 18.2. The Morgan fingerprint density at radius 2 is 1.75 bits per heavy atom. The number of hydrogen-bond acceptors (Lipinski definition) is 4. The van der Waals surface area contributed by atoms with Gasteiger partial charge in [0.15, 0.2) is 5.82 Å². The first-order valence-corrected chi connectivity index (χ1v) is 11.4. The summed E-state index contributed by atoms with van der Waals surface area (Å²) in [5.41, 5.74) is 7.15. The number of amides is 1. The molecule has 0 saturated heterocycles. The topological polar surface area (TPSA) is 66.9 Å². The third kappa shape index (κ3) is 4.36. The highest BCUT2D eigenvalue weighted by Gasteiger charge is 2.24. The quantitative estimate of drug-likeness (QED) is 0.463. The first-order chi connectivity index (χ1) is 15.4. The molecule has 164 valence electrons. The summed E-state index contributed by atoms with van der Waals surface area (Å²) in [5, 5.41) is 7.59. The molecule has 0 bridgehead atoms. The van der Waals surface area contributed by atoms with Crippen molar-refractivity contribution in [3.63, 3.8) is 0 Å². The number of carbonyl (C=O) groups is 1. The molecule has 2 aromatic carbocycles. The fourth-order valence-corrected chi connectivity index (χ4v) is 4.43. The molecule has 2 N–H and O–H groups in total. The molecule has 0 unspecified atom stereocenters. The van der Waals surface area contributed by atoms with Crippen LogP contribution in [0.4, 0.5) is 5.82 Å². The third-order valence-corrected chi connectivity index (χ3v) is 5.97. The molecule has 0 fully saturated rings. The first kappa shape index (κ1) is 22.3. The van der Waals surface area contributed by atoms with Gasteiger partial charge >= 0.3 is 0 Å². The largest absolute Gasteiger partial charge is 0.337 e. The maximum atomic E-state index is 11.8. The number of carbonyl (C=O) groups excluding carboxylic acids is 1. The second kappa shape index (κ2) is 9.31. The third-order valence-electron chi connectivity index (χ3n) is 5.42. The predicted octanol–water partition coefficient (Wildman–Crippen LogP) is 6.05. The Balaban J connectivity index is 1.81. The molecule has 3 aromatic rings. The summed E-state index contributed by atoms with van der Waals surface area (Å²) in [6, 6.07) is 13.5. The van der Waals surface area contributed by atoms with Crippen LogP contribution in [0.5, 0.6) is 0 Å². The van der Waals surface area contributed by atoms with Crippen LogP contribution in [-0.4, -0.2) is 15.9 Å². The predicted molar refractivity (Wildman–Crippen MR) is 131 cm³/mol. The Labute approximate surface area is 197 Å². The molecule has 7 heteroatoms. The van der Waals surface area contributed by atoms with Gasteiger partial charge < -0.3 is 10.6 Å². The number of fused-ring (bicyclic) bond motifs is 1. The highest BCUT2D eigenvalue weighted by atomic mass is 35.5. The number of rotatable bonds is 6. The van der Waals surface area contributed by atoms with E-state index in [1.807, 2.05) is 44.2 Å². The van der Waals surface area contributed by atoms with Crippen molar-refractivity contribution < 1.29 is 4.79 Å². The lowest BCUT2D eigenvalue weighted by atomic mass is 10.1. The van der Waals surface area contributed by atoms with Crippen molar-refractivity contribution in [1.29, 1.82) is 0 Å². The van der Waals surface area contributed by atoms with Crippen LogP contribution in [0, 0.1) is 0 Å². The van der Waals surface area contributed by atoms with E-state index in [9.17, 15) is 4.79 Å². The standard InChI is InChI=1S/C25H24Cl2N4O/c1-4-20-24(18-11-10-16(26)13-19(18)27)29-21(5-2)25(30-20)31-23-17-9-7-6-8-15(17)12-22(23)28-14(3)32/h6-11,13H,4-5,12H2,1-3H3,(H,28,32)(H,30,31). The lowest BCUT2D eigenvalue weighted by molar-refractivity contribution is -0.118. The molecule has 1 amide bonds. The van der Waals surface area contributed by atoms with E-state index in [-0.39, 0.29) is 5.91 Å². The highest BCUT2D eigenvalue weighted by molar-refractivity contribution is 6.36. The number of allylic oxidation sites excluding steroid dienone is 1. The van der Waals surface area contributed by atoms with Gasteiger partial charge in [-0.2, -0.15) is 0 Å². The monoisotopic (exact) mass is 466 g/mol. The molecule has 1 heterocycles. The van der Waals surface area contributed by atoms with Gasteiger partial charge in [-0.25, -0.2) is 9.97 Å². The Morgan fingerprint density at radius 1 is 1.00 bits per heavy atom. The van der Waals surface area contributed by atoms with Crippen molar-refractivity contribution in [3.8, 4) is 11.3 Å². The van der Waals surface area contributed by atoms with E-state index < -0.39 is 0 Å². The van der Waals surface area contributed by atoms with Gasteiger partial charge in [-0.1, -0.05) is 61.3 Å². The molecule has 1 aliphatic rings. The van der Waals surface area contributed by atoms with E-state index in [1.165, 1.54) is 6.92 Å². The lowest BCUT2D eigenvalue weighted by Gasteiger charge is -2.17.